The number of nitrogens with one attached hydrogen (secondary N) is 1. The Hall–Kier alpha value is -1.17. The summed E-state index contributed by atoms with van der Waals surface area (Å²) in [6, 6.07) is -0.0822. The summed E-state index contributed by atoms with van der Waals surface area (Å²) in [7, 11) is 1.62. The third kappa shape index (κ3) is 3.29. The molecule has 0 rings (SSSR count). The molecule has 0 aromatic rings. The van der Waals surface area contributed by atoms with Crippen molar-refractivity contribution in [3.8, 4) is 12.3 Å². The van der Waals surface area contributed by atoms with Gasteiger partial charge in [-0.15, -0.1) is 6.42 Å². The molecule has 1 unspecified atom stereocenters. The van der Waals surface area contributed by atoms with E-state index in [9.17, 15) is 0 Å². The molecule has 3 nitrogen and oxygen atoms in total. The van der Waals surface area contributed by atoms with Crippen molar-refractivity contribution >= 4 is 5.96 Å². The Morgan fingerprint density at radius 2 is 2.08 bits per heavy atom. The van der Waals surface area contributed by atoms with E-state index in [1.165, 1.54) is 0 Å². The molecule has 0 fully saturated rings. The summed E-state index contributed by atoms with van der Waals surface area (Å²) in [4.78, 5) is 3.78. The predicted octanol–water partition coefficient (Wildman–Crippen LogP) is 0.568. The van der Waals surface area contributed by atoms with E-state index in [1.807, 2.05) is 20.8 Å². The van der Waals surface area contributed by atoms with Gasteiger partial charge in [0, 0.05) is 7.05 Å². The van der Waals surface area contributed by atoms with E-state index in [1.54, 1.807) is 7.05 Å². The van der Waals surface area contributed by atoms with Crippen LogP contribution in [0.2, 0.25) is 0 Å². The van der Waals surface area contributed by atoms with E-state index >= 15 is 0 Å². The van der Waals surface area contributed by atoms with E-state index in [0.29, 0.717) is 5.96 Å². The lowest BCUT2D eigenvalue weighted by atomic mass is 9.87. The summed E-state index contributed by atoms with van der Waals surface area (Å²) >= 11 is 0. The average molecular weight is 167 g/mol. The first-order chi connectivity index (χ1) is 5.41. The highest BCUT2D eigenvalue weighted by molar-refractivity contribution is 5.78. The van der Waals surface area contributed by atoms with Crippen molar-refractivity contribution in [3.05, 3.63) is 0 Å². The number of aliphatic imine (C=N–C) groups is 1. The van der Waals surface area contributed by atoms with Gasteiger partial charge in [-0.2, -0.15) is 0 Å². The second-order valence-electron chi connectivity index (χ2n) is 3.72. The maximum absolute atomic E-state index is 5.49. The number of guanidine groups is 1. The van der Waals surface area contributed by atoms with Gasteiger partial charge in [0.1, 0.15) is 0 Å². The number of terminal acetylenes is 1. The van der Waals surface area contributed by atoms with Crippen LogP contribution in [0.15, 0.2) is 4.99 Å². The largest absolute Gasteiger partial charge is 0.370 e. The van der Waals surface area contributed by atoms with Gasteiger partial charge in [0.05, 0.1) is 6.04 Å². The molecule has 68 valence electrons. The molecule has 0 aromatic carbocycles. The van der Waals surface area contributed by atoms with Gasteiger partial charge in [0.15, 0.2) is 5.96 Å². The smallest absolute Gasteiger partial charge is 0.189 e. The number of rotatable bonds is 1. The first-order valence-corrected chi connectivity index (χ1v) is 3.86. The maximum atomic E-state index is 5.49. The summed E-state index contributed by atoms with van der Waals surface area (Å²) in [5.41, 5.74) is 5.48. The van der Waals surface area contributed by atoms with Crippen molar-refractivity contribution in [2.45, 2.75) is 26.8 Å². The van der Waals surface area contributed by atoms with Crippen molar-refractivity contribution in [3.63, 3.8) is 0 Å². The molecule has 0 aliphatic heterocycles. The zero-order chi connectivity index (χ0) is 9.78. The summed E-state index contributed by atoms with van der Waals surface area (Å²) < 4.78 is 0. The maximum Gasteiger partial charge on any atom is 0.189 e. The van der Waals surface area contributed by atoms with Crippen LogP contribution in [-0.4, -0.2) is 19.0 Å². The van der Waals surface area contributed by atoms with Crippen molar-refractivity contribution in [1.82, 2.24) is 5.32 Å². The fraction of sp³-hybridized carbons (Fsp3) is 0.667. The Labute approximate surface area is 74.4 Å². The predicted molar refractivity (Wildman–Crippen MR) is 52.8 cm³/mol. The van der Waals surface area contributed by atoms with Crippen LogP contribution in [0.3, 0.4) is 0 Å². The first-order valence-electron chi connectivity index (χ1n) is 3.86. The molecule has 0 bridgehead atoms. The Morgan fingerprint density at radius 1 is 1.58 bits per heavy atom. The Balaban J connectivity index is 4.33. The fourth-order valence-electron chi connectivity index (χ4n) is 0.721. The van der Waals surface area contributed by atoms with Crippen molar-refractivity contribution in [2.75, 3.05) is 7.05 Å². The van der Waals surface area contributed by atoms with Gasteiger partial charge < -0.3 is 11.1 Å². The highest BCUT2D eigenvalue weighted by Gasteiger charge is 2.22. The van der Waals surface area contributed by atoms with Crippen molar-refractivity contribution < 1.29 is 0 Å². The van der Waals surface area contributed by atoms with Crippen LogP contribution in [-0.2, 0) is 0 Å². The van der Waals surface area contributed by atoms with Crippen molar-refractivity contribution in [1.29, 1.82) is 0 Å². The SMILES string of the molecule is C#CC(NC(N)=NC)C(C)(C)C. The van der Waals surface area contributed by atoms with Crippen LogP contribution in [0.4, 0.5) is 0 Å². The molecule has 0 saturated heterocycles. The zero-order valence-electron chi connectivity index (χ0n) is 8.18. The molecular formula is C9H17N3. The lowest BCUT2D eigenvalue weighted by Gasteiger charge is -2.27. The zero-order valence-corrected chi connectivity index (χ0v) is 8.18. The summed E-state index contributed by atoms with van der Waals surface area (Å²) in [5.74, 6) is 3.02. The van der Waals surface area contributed by atoms with Crippen LogP contribution in [0.1, 0.15) is 20.8 Å². The second kappa shape index (κ2) is 4.01. The van der Waals surface area contributed by atoms with E-state index in [4.69, 9.17) is 12.2 Å². The van der Waals surface area contributed by atoms with Gasteiger partial charge in [-0.25, -0.2) is 0 Å². The van der Waals surface area contributed by atoms with Crippen LogP contribution < -0.4 is 11.1 Å². The summed E-state index contributed by atoms with van der Waals surface area (Å²) in [5, 5.41) is 2.95. The average Bonchev–Trinajstić information content (AvgIpc) is 1.97. The third-order valence-corrected chi connectivity index (χ3v) is 1.57. The standard InChI is InChI=1S/C9H17N3/c1-6-7(9(2,3)4)12-8(10)11-5/h1,7H,2-5H3,(H3,10,11,12). The van der Waals surface area contributed by atoms with E-state index in [0.717, 1.165) is 0 Å². The van der Waals surface area contributed by atoms with Gasteiger partial charge >= 0.3 is 0 Å². The minimum atomic E-state index is -0.0822. The second-order valence-corrected chi connectivity index (χ2v) is 3.72. The molecule has 1 atom stereocenters. The van der Waals surface area contributed by atoms with E-state index < -0.39 is 0 Å². The minimum Gasteiger partial charge on any atom is -0.370 e. The summed E-state index contributed by atoms with van der Waals surface area (Å²) in [6.45, 7) is 6.15. The molecule has 0 aliphatic carbocycles. The first kappa shape index (κ1) is 10.8. The molecule has 12 heavy (non-hydrogen) atoms. The number of nitrogens with two attached hydrogens (primary N) is 1. The molecule has 0 saturated carbocycles. The highest BCUT2D eigenvalue weighted by atomic mass is 15.1. The Kier molecular flexibility index (Phi) is 3.62. The quantitative estimate of drug-likeness (QED) is 0.341. The monoisotopic (exact) mass is 167 g/mol. The molecule has 0 aliphatic rings. The third-order valence-electron chi connectivity index (χ3n) is 1.57. The molecular weight excluding hydrogens is 150 g/mol. The Bertz CT molecular complexity index is 205. The van der Waals surface area contributed by atoms with Gasteiger partial charge in [0.25, 0.3) is 0 Å². The fourth-order valence-corrected chi connectivity index (χ4v) is 0.721. The van der Waals surface area contributed by atoms with Gasteiger partial charge in [0.2, 0.25) is 0 Å². The molecule has 0 amide bonds. The highest BCUT2D eigenvalue weighted by Crippen LogP contribution is 2.17. The molecule has 3 heteroatoms. The van der Waals surface area contributed by atoms with E-state index in [-0.39, 0.29) is 11.5 Å². The minimum absolute atomic E-state index is 0.00986. The van der Waals surface area contributed by atoms with Gasteiger partial charge in [-0.3, -0.25) is 4.99 Å². The topological polar surface area (TPSA) is 50.4 Å². The van der Waals surface area contributed by atoms with E-state index in [2.05, 4.69) is 16.2 Å². The lowest BCUT2D eigenvalue weighted by molar-refractivity contribution is 0.351. The number of hydrogen-bond donors (Lipinski definition) is 2. The normalized spacial score (nSPS) is 15.1. The van der Waals surface area contributed by atoms with Crippen LogP contribution in [0.25, 0.3) is 0 Å². The van der Waals surface area contributed by atoms with Gasteiger partial charge in [-0.1, -0.05) is 26.7 Å². The van der Waals surface area contributed by atoms with Crippen LogP contribution in [0.5, 0.6) is 0 Å². The molecule has 0 radical (unpaired) electrons. The molecule has 0 aromatic heterocycles. The summed E-state index contributed by atoms with van der Waals surface area (Å²) in [6.07, 6.45) is 5.34. The molecule has 0 heterocycles. The van der Waals surface area contributed by atoms with Gasteiger partial charge in [-0.05, 0) is 5.41 Å². The molecule has 3 N–H and O–H groups in total. The number of hydrogen-bond acceptors (Lipinski definition) is 1. The van der Waals surface area contributed by atoms with Crippen LogP contribution >= 0.6 is 0 Å². The Morgan fingerprint density at radius 3 is 2.33 bits per heavy atom. The molecule has 0 spiro atoms. The number of nitrogens with zero attached hydrogens (tertiary/aromatic N) is 1. The lowest BCUT2D eigenvalue weighted by Crippen LogP contribution is -2.46. The van der Waals surface area contributed by atoms with Crippen molar-refractivity contribution in [2.24, 2.45) is 16.1 Å². The van der Waals surface area contributed by atoms with Crippen LogP contribution in [0, 0.1) is 17.8 Å².